The molecule has 0 aliphatic rings. The lowest BCUT2D eigenvalue weighted by Gasteiger charge is -2.18. The van der Waals surface area contributed by atoms with Gasteiger partial charge < -0.3 is 14.2 Å². The fraction of sp³-hybridized carbons (Fsp3) is 0.743. The van der Waals surface area contributed by atoms with E-state index < -0.39 is 6.10 Å². The zero-order valence-electron chi connectivity index (χ0n) is 52.8. The van der Waals surface area contributed by atoms with Gasteiger partial charge in [0.2, 0.25) is 0 Å². The maximum Gasteiger partial charge on any atom is 0.306 e. The fourth-order valence-electron chi connectivity index (χ4n) is 9.72. The predicted octanol–water partition coefficient (Wildman–Crippen LogP) is 23.6. The van der Waals surface area contributed by atoms with Gasteiger partial charge >= 0.3 is 17.9 Å². The Hall–Kier alpha value is -3.67. The molecule has 0 bridgehead atoms. The first-order valence-electron chi connectivity index (χ1n) is 34.2. The van der Waals surface area contributed by atoms with E-state index in [-0.39, 0.29) is 37.5 Å². The Labute approximate surface area is 496 Å². The second kappa shape index (κ2) is 67.8. The van der Waals surface area contributed by atoms with Crippen molar-refractivity contribution in [3.8, 4) is 0 Å². The Morgan fingerprint density at radius 1 is 0.263 bits per heavy atom. The van der Waals surface area contributed by atoms with E-state index in [1.807, 2.05) is 0 Å². The van der Waals surface area contributed by atoms with Gasteiger partial charge in [0.1, 0.15) is 13.2 Å². The van der Waals surface area contributed by atoms with Crippen LogP contribution >= 0.6 is 0 Å². The molecule has 0 spiro atoms. The second-order valence-corrected chi connectivity index (χ2v) is 22.7. The van der Waals surface area contributed by atoms with Crippen molar-refractivity contribution in [1.29, 1.82) is 0 Å². The summed E-state index contributed by atoms with van der Waals surface area (Å²) in [7, 11) is 0. The molecule has 0 aromatic carbocycles. The van der Waals surface area contributed by atoms with Crippen LogP contribution in [0, 0.1) is 0 Å². The minimum absolute atomic E-state index is 0.101. The smallest absolute Gasteiger partial charge is 0.306 e. The topological polar surface area (TPSA) is 78.9 Å². The SMILES string of the molecule is CC/C=C\C/C=C\C/C=C\C/C=C\C/C=C\C/C=C\C/C=C\CCCC(=O)OC(COC(=O)CCCCCCC/C=C\CCCCCCCC)COC(=O)CCCCCCCCCCCCCCCCCCCCCCCCCC. The van der Waals surface area contributed by atoms with Gasteiger partial charge in [-0.2, -0.15) is 0 Å². The van der Waals surface area contributed by atoms with Crippen molar-refractivity contribution in [2.24, 2.45) is 0 Å². The van der Waals surface area contributed by atoms with Crippen molar-refractivity contribution in [1.82, 2.24) is 0 Å². The number of hydrogen-bond acceptors (Lipinski definition) is 6. The molecule has 6 nitrogen and oxygen atoms in total. The summed E-state index contributed by atoms with van der Waals surface area (Å²) in [6, 6.07) is 0. The minimum Gasteiger partial charge on any atom is -0.462 e. The third-order valence-electron chi connectivity index (χ3n) is 14.8. The van der Waals surface area contributed by atoms with Crippen molar-refractivity contribution >= 4 is 17.9 Å². The summed E-state index contributed by atoms with van der Waals surface area (Å²) in [6.07, 6.45) is 91.5. The van der Waals surface area contributed by atoms with Crippen LogP contribution in [0.3, 0.4) is 0 Å². The van der Waals surface area contributed by atoms with E-state index in [0.29, 0.717) is 19.3 Å². The molecule has 1 unspecified atom stereocenters. The van der Waals surface area contributed by atoms with E-state index >= 15 is 0 Å². The molecule has 460 valence electrons. The molecule has 0 N–H and O–H groups in total. The van der Waals surface area contributed by atoms with Crippen LogP contribution in [0.2, 0.25) is 0 Å². The van der Waals surface area contributed by atoms with Gasteiger partial charge in [0, 0.05) is 19.3 Å². The molecule has 0 radical (unpaired) electrons. The molecular formula is C74H128O6. The molecule has 0 heterocycles. The highest BCUT2D eigenvalue weighted by atomic mass is 16.6. The van der Waals surface area contributed by atoms with Gasteiger partial charge in [-0.3, -0.25) is 14.4 Å². The number of allylic oxidation sites excluding steroid dienone is 16. The molecule has 0 aromatic heterocycles. The number of carbonyl (C=O) groups excluding carboxylic acids is 3. The van der Waals surface area contributed by atoms with Crippen molar-refractivity contribution < 1.29 is 28.6 Å². The summed E-state index contributed by atoms with van der Waals surface area (Å²) in [4.78, 5) is 38.4. The van der Waals surface area contributed by atoms with Crippen LogP contribution in [-0.2, 0) is 28.6 Å². The number of esters is 3. The highest BCUT2D eigenvalue weighted by Crippen LogP contribution is 2.17. The van der Waals surface area contributed by atoms with Gasteiger partial charge in [-0.25, -0.2) is 0 Å². The number of carbonyl (C=O) groups is 3. The van der Waals surface area contributed by atoms with Gasteiger partial charge in [0.05, 0.1) is 0 Å². The van der Waals surface area contributed by atoms with E-state index in [1.54, 1.807) is 0 Å². The predicted molar refractivity (Wildman–Crippen MR) is 348 cm³/mol. The normalized spacial score (nSPS) is 12.7. The summed E-state index contributed by atoms with van der Waals surface area (Å²) in [5, 5.41) is 0. The first-order chi connectivity index (χ1) is 39.5. The Morgan fingerprint density at radius 2 is 0.500 bits per heavy atom. The molecule has 0 saturated heterocycles. The van der Waals surface area contributed by atoms with Crippen LogP contribution in [0.15, 0.2) is 97.2 Å². The third kappa shape index (κ3) is 65.1. The average molecular weight is 1110 g/mol. The lowest BCUT2D eigenvalue weighted by atomic mass is 10.0. The van der Waals surface area contributed by atoms with Gasteiger partial charge in [-0.15, -0.1) is 0 Å². The van der Waals surface area contributed by atoms with Crippen LogP contribution in [0.4, 0.5) is 0 Å². The summed E-state index contributed by atoms with van der Waals surface area (Å²) < 4.78 is 16.9. The van der Waals surface area contributed by atoms with Crippen molar-refractivity contribution in [3.05, 3.63) is 97.2 Å². The fourth-order valence-corrected chi connectivity index (χ4v) is 9.72. The molecule has 0 aliphatic heterocycles. The van der Waals surface area contributed by atoms with Crippen LogP contribution in [0.25, 0.3) is 0 Å². The Morgan fingerprint density at radius 3 is 0.812 bits per heavy atom. The quantitative estimate of drug-likeness (QED) is 0.0261. The van der Waals surface area contributed by atoms with Crippen LogP contribution in [-0.4, -0.2) is 37.2 Å². The molecule has 6 heteroatoms. The Bertz CT molecular complexity index is 1560. The van der Waals surface area contributed by atoms with Crippen LogP contribution in [0.1, 0.15) is 335 Å². The summed E-state index contributed by atoms with van der Waals surface area (Å²) >= 11 is 0. The molecule has 0 amide bonds. The summed E-state index contributed by atoms with van der Waals surface area (Å²) in [5.41, 5.74) is 0. The first kappa shape index (κ1) is 76.3. The van der Waals surface area contributed by atoms with Crippen LogP contribution < -0.4 is 0 Å². The zero-order valence-corrected chi connectivity index (χ0v) is 52.8. The molecular weight excluding hydrogens is 985 g/mol. The number of hydrogen-bond donors (Lipinski definition) is 0. The van der Waals surface area contributed by atoms with Gasteiger partial charge in [-0.1, -0.05) is 317 Å². The maximum atomic E-state index is 12.9. The molecule has 80 heavy (non-hydrogen) atoms. The van der Waals surface area contributed by atoms with E-state index in [9.17, 15) is 14.4 Å². The largest absolute Gasteiger partial charge is 0.462 e. The monoisotopic (exact) mass is 1110 g/mol. The highest BCUT2D eigenvalue weighted by molar-refractivity contribution is 5.71. The molecule has 0 saturated carbocycles. The molecule has 0 fully saturated rings. The Kier molecular flexibility index (Phi) is 64.7. The van der Waals surface area contributed by atoms with E-state index in [0.717, 1.165) is 96.3 Å². The summed E-state index contributed by atoms with van der Waals surface area (Å²) in [5.74, 6) is -0.955. The molecule has 1 atom stereocenters. The first-order valence-corrected chi connectivity index (χ1v) is 34.2. The lowest BCUT2D eigenvalue weighted by Crippen LogP contribution is -2.30. The highest BCUT2D eigenvalue weighted by Gasteiger charge is 2.19. The van der Waals surface area contributed by atoms with Crippen molar-refractivity contribution in [3.63, 3.8) is 0 Å². The number of ether oxygens (including phenoxy) is 3. The van der Waals surface area contributed by atoms with E-state index in [4.69, 9.17) is 14.2 Å². The van der Waals surface area contributed by atoms with E-state index in [1.165, 1.54) is 193 Å². The average Bonchev–Trinajstić information content (AvgIpc) is 3.46. The second-order valence-electron chi connectivity index (χ2n) is 22.7. The number of rotatable bonds is 62. The lowest BCUT2D eigenvalue weighted by molar-refractivity contribution is -0.167. The molecule has 0 rings (SSSR count). The standard InChI is InChI=1S/C74H128O6/c1-4-7-10-13-16-19-22-25-28-30-32-34-36-38-39-41-43-46-49-52-55-58-61-64-67-73(76)79-70-71(69-78-72(75)66-63-60-57-54-51-48-45-27-24-21-18-15-12-9-6-3)80-74(77)68-65-62-59-56-53-50-47-44-42-40-37-35-33-31-29-26-23-20-17-14-11-8-5-2/h8,11,17,20,26-27,29,33,35,40,42,45,47,50,56,59,71H,4-7,9-10,12-16,18-19,21-25,28,30-32,34,36-39,41,43-44,46,48-49,51-55,57-58,60-70H2,1-3H3/b11-8-,20-17-,29-26-,35-33-,42-40-,45-27-,50-47-,59-56-. The van der Waals surface area contributed by atoms with Gasteiger partial charge in [-0.05, 0) is 96.3 Å². The molecule has 0 aliphatic carbocycles. The van der Waals surface area contributed by atoms with Crippen LogP contribution in [0.5, 0.6) is 0 Å². The zero-order chi connectivity index (χ0) is 57.8. The third-order valence-corrected chi connectivity index (χ3v) is 14.8. The van der Waals surface area contributed by atoms with E-state index in [2.05, 4.69) is 118 Å². The van der Waals surface area contributed by atoms with Gasteiger partial charge in [0.25, 0.3) is 0 Å². The minimum atomic E-state index is -0.813. The van der Waals surface area contributed by atoms with Crippen molar-refractivity contribution in [2.75, 3.05) is 13.2 Å². The van der Waals surface area contributed by atoms with Gasteiger partial charge in [0.15, 0.2) is 6.10 Å². The number of unbranched alkanes of at least 4 members (excludes halogenated alkanes) is 35. The summed E-state index contributed by atoms with van der Waals surface area (Å²) in [6.45, 7) is 6.51. The molecule has 0 aromatic rings. The Balaban J connectivity index is 4.42. The van der Waals surface area contributed by atoms with Crippen molar-refractivity contribution in [2.45, 2.75) is 341 Å². The maximum absolute atomic E-state index is 12.9.